The molecule has 5 heteroatoms. The molecule has 0 radical (unpaired) electrons. The van der Waals surface area contributed by atoms with E-state index in [4.69, 9.17) is 0 Å². The van der Waals surface area contributed by atoms with Crippen LogP contribution in [0.3, 0.4) is 0 Å². The first-order valence-electron chi connectivity index (χ1n) is 6.64. The van der Waals surface area contributed by atoms with E-state index in [9.17, 15) is 4.79 Å². The second-order valence-electron chi connectivity index (χ2n) is 4.68. The molecule has 104 valence electrons. The molecule has 0 aliphatic carbocycles. The van der Waals surface area contributed by atoms with Crippen molar-refractivity contribution in [2.75, 3.05) is 0 Å². The molecule has 0 fully saturated rings. The van der Waals surface area contributed by atoms with Crippen LogP contribution in [-0.4, -0.2) is 20.9 Å². The molecule has 0 bridgehead atoms. The van der Waals surface area contributed by atoms with E-state index in [0.29, 0.717) is 18.1 Å². The summed E-state index contributed by atoms with van der Waals surface area (Å²) in [6.07, 6.45) is 3.43. The first kappa shape index (κ1) is 13.2. The van der Waals surface area contributed by atoms with E-state index in [2.05, 4.69) is 20.3 Å². The van der Waals surface area contributed by atoms with Gasteiger partial charge in [0.2, 0.25) is 0 Å². The molecule has 0 saturated heterocycles. The Labute approximate surface area is 122 Å². The first-order valence-corrected chi connectivity index (χ1v) is 6.64. The summed E-state index contributed by atoms with van der Waals surface area (Å²) in [7, 11) is 0. The van der Waals surface area contributed by atoms with E-state index in [0.717, 1.165) is 16.5 Å². The number of rotatable bonds is 3. The zero-order valence-corrected chi connectivity index (χ0v) is 11.6. The molecule has 0 saturated carbocycles. The molecule has 1 N–H and O–H groups in total. The average molecular weight is 278 g/mol. The zero-order valence-electron chi connectivity index (χ0n) is 11.6. The van der Waals surface area contributed by atoms with Crippen LogP contribution in [0.25, 0.3) is 10.9 Å². The summed E-state index contributed by atoms with van der Waals surface area (Å²) in [5.41, 5.74) is 2.12. The number of amides is 1. The zero-order chi connectivity index (χ0) is 14.7. The smallest absolute Gasteiger partial charge is 0.270 e. The van der Waals surface area contributed by atoms with Crippen molar-refractivity contribution in [3.05, 3.63) is 65.9 Å². The normalized spacial score (nSPS) is 10.5. The number of nitrogens with one attached hydrogen (secondary N) is 1. The van der Waals surface area contributed by atoms with Crippen LogP contribution < -0.4 is 5.32 Å². The number of carbonyl (C=O) groups excluding carboxylic acids is 1. The third-order valence-corrected chi connectivity index (χ3v) is 3.11. The lowest BCUT2D eigenvalue weighted by Gasteiger charge is -2.08. The summed E-state index contributed by atoms with van der Waals surface area (Å²) in [5, 5.41) is 3.62. The van der Waals surface area contributed by atoms with Gasteiger partial charge in [0.25, 0.3) is 5.91 Å². The second kappa shape index (κ2) is 5.66. The molecule has 1 amide bonds. The van der Waals surface area contributed by atoms with Crippen LogP contribution in [0.5, 0.6) is 0 Å². The molecule has 0 unspecified atom stereocenters. The van der Waals surface area contributed by atoms with Gasteiger partial charge in [0.05, 0.1) is 5.52 Å². The van der Waals surface area contributed by atoms with Crippen LogP contribution >= 0.6 is 0 Å². The molecular formula is C16H14N4O. The highest BCUT2D eigenvalue weighted by Gasteiger charge is 2.13. The van der Waals surface area contributed by atoms with Crippen molar-refractivity contribution < 1.29 is 4.79 Å². The quantitative estimate of drug-likeness (QED) is 0.798. The standard InChI is InChI=1S/C16H14N4O/c1-11-19-14-7-3-2-6-13(14)15(20-11)16(21)18-10-12-5-4-8-17-9-12/h2-9H,10H2,1H3,(H,18,21). The van der Waals surface area contributed by atoms with Crippen molar-refractivity contribution in [3.63, 3.8) is 0 Å². The number of pyridine rings is 1. The highest BCUT2D eigenvalue weighted by Crippen LogP contribution is 2.15. The molecule has 2 aromatic heterocycles. The second-order valence-corrected chi connectivity index (χ2v) is 4.68. The van der Waals surface area contributed by atoms with Crippen molar-refractivity contribution >= 4 is 16.8 Å². The number of aromatic nitrogens is 3. The predicted octanol–water partition coefficient (Wildman–Crippen LogP) is 2.26. The van der Waals surface area contributed by atoms with Crippen LogP contribution in [0.15, 0.2) is 48.8 Å². The molecule has 0 spiro atoms. The van der Waals surface area contributed by atoms with Gasteiger partial charge in [0.1, 0.15) is 11.5 Å². The van der Waals surface area contributed by atoms with Crippen molar-refractivity contribution in [3.8, 4) is 0 Å². The Bertz CT molecular complexity index is 787. The minimum atomic E-state index is -0.208. The molecule has 0 atom stereocenters. The van der Waals surface area contributed by atoms with Gasteiger partial charge in [-0.25, -0.2) is 9.97 Å². The lowest BCUT2D eigenvalue weighted by atomic mass is 10.1. The molecule has 0 aliphatic rings. The van der Waals surface area contributed by atoms with Gasteiger partial charge in [-0.15, -0.1) is 0 Å². The Hall–Kier alpha value is -2.82. The topological polar surface area (TPSA) is 67.8 Å². The summed E-state index contributed by atoms with van der Waals surface area (Å²) in [6.45, 7) is 2.20. The fourth-order valence-electron chi connectivity index (χ4n) is 2.13. The van der Waals surface area contributed by atoms with E-state index in [-0.39, 0.29) is 5.91 Å². The van der Waals surface area contributed by atoms with Gasteiger partial charge in [0, 0.05) is 24.3 Å². The van der Waals surface area contributed by atoms with E-state index < -0.39 is 0 Å². The summed E-state index contributed by atoms with van der Waals surface area (Å²) in [6, 6.07) is 11.3. The molecule has 3 aromatic rings. The third-order valence-electron chi connectivity index (χ3n) is 3.11. The molecule has 5 nitrogen and oxygen atoms in total. The lowest BCUT2D eigenvalue weighted by molar-refractivity contribution is 0.0947. The maximum Gasteiger partial charge on any atom is 0.270 e. The first-order chi connectivity index (χ1) is 10.2. The molecular weight excluding hydrogens is 264 g/mol. The molecule has 0 aliphatic heterocycles. The molecule has 2 heterocycles. The number of hydrogen-bond acceptors (Lipinski definition) is 4. The fraction of sp³-hybridized carbons (Fsp3) is 0.125. The van der Waals surface area contributed by atoms with Crippen LogP contribution in [0, 0.1) is 6.92 Å². The maximum atomic E-state index is 12.4. The summed E-state index contributed by atoms with van der Waals surface area (Å²) in [5.74, 6) is 0.376. The van der Waals surface area contributed by atoms with Crippen LogP contribution in [0.1, 0.15) is 21.9 Å². The monoisotopic (exact) mass is 278 g/mol. The number of nitrogens with zero attached hydrogens (tertiary/aromatic N) is 3. The van der Waals surface area contributed by atoms with Gasteiger partial charge in [-0.2, -0.15) is 0 Å². The van der Waals surface area contributed by atoms with Gasteiger partial charge in [-0.05, 0) is 24.6 Å². The summed E-state index contributed by atoms with van der Waals surface area (Å²) in [4.78, 5) is 25.0. The Morgan fingerprint density at radius 1 is 1.14 bits per heavy atom. The van der Waals surface area contributed by atoms with E-state index in [1.165, 1.54) is 0 Å². The minimum absolute atomic E-state index is 0.208. The summed E-state index contributed by atoms with van der Waals surface area (Å²) < 4.78 is 0. The number of para-hydroxylation sites is 1. The van der Waals surface area contributed by atoms with Crippen molar-refractivity contribution in [2.45, 2.75) is 13.5 Å². The number of hydrogen-bond donors (Lipinski definition) is 1. The van der Waals surface area contributed by atoms with Crippen LogP contribution in [-0.2, 0) is 6.54 Å². The molecule has 21 heavy (non-hydrogen) atoms. The van der Waals surface area contributed by atoms with Crippen LogP contribution in [0.2, 0.25) is 0 Å². The lowest BCUT2D eigenvalue weighted by Crippen LogP contribution is -2.24. The van der Waals surface area contributed by atoms with Crippen molar-refractivity contribution in [1.82, 2.24) is 20.3 Å². The van der Waals surface area contributed by atoms with Crippen LogP contribution in [0.4, 0.5) is 0 Å². The maximum absolute atomic E-state index is 12.4. The number of carbonyl (C=O) groups is 1. The fourth-order valence-corrected chi connectivity index (χ4v) is 2.13. The summed E-state index contributed by atoms with van der Waals surface area (Å²) >= 11 is 0. The van der Waals surface area contributed by atoms with Gasteiger partial charge >= 0.3 is 0 Å². The van der Waals surface area contributed by atoms with E-state index in [1.54, 1.807) is 19.3 Å². The largest absolute Gasteiger partial charge is 0.347 e. The van der Waals surface area contributed by atoms with Gasteiger partial charge in [-0.3, -0.25) is 9.78 Å². The predicted molar refractivity (Wildman–Crippen MR) is 79.7 cm³/mol. The number of fused-ring (bicyclic) bond motifs is 1. The Balaban J connectivity index is 1.88. The third kappa shape index (κ3) is 2.86. The van der Waals surface area contributed by atoms with Gasteiger partial charge in [-0.1, -0.05) is 24.3 Å². The Kier molecular flexibility index (Phi) is 3.55. The van der Waals surface area contributed by atoms with Gasteiger partial charge < -0.3 is 5.32 Å². The average Bonchev–Trinajstić information content (AvgIpc) is 2.52. The Morgan fingerprint density at radius 2 is 2.00 bits per heavy atom. The number of benzene rings is 1. The van der Waals surface area contributed by atoms with E-state index in [1.807, 2.05) is 36.4 Å². The highest BCUT2D eigenvalue weighted by molar-refractivity contribution is 6.04. The number of aryl methyl sites for hydroxylation is 1. The van der Waals surface area contributed by atoms with Crippen molar-refractivity contribution in [2.24, 2.45) is 0 Å². The Morgan fingerprint density at radius 3 is 2.81 bits per heavy atom. The van der Waals surface area contributed by atoms with Gasteiger partial charge in [0.15, 0.2) is 0 Å². The highest BCUT2D eigenvalue weighted by atomic mass is 16.1. The molecule has 3 rings (SSSR count). The molecule has 1 aromatic carbocycles. The van der Waals surface area contributed by atoms with Crippen molar-refractivity contribution in [1.29, 1.82) is 0 Å². The SMILES string of the molecule is Cc1nc(C(=O)NCc2cccnc2)c2ccccc2n1. The van der Waals surface area contributed by atoms with E-state index >= 15 is 0 Å². The minimum Gasteiger partial charge on any atom is -0.347 e.